The van der Waals surface area contributed by atoms with Gasteiger partial charge >= 0.3 is 0 Å². The van der Waals surface area contributed by atoms with Gasteiger partial charge in [-0.1, -0.05) is 12.1 Å². The number of amides is 2. The number of hydrogen-bond acceptors (Lipinski definition) is 3. The van der Waals surface area contributed by atoms with Crippen molar-refractivity contribution in [3.05, 3.63) is 54.0 Å². The van der Waals surface area contributed by atoms with Gasteiger partial charge in [-0.3, -0.25) is 9.59 Å². The summed E-state index contributed by atoms with van der Waals surface area (Å²) in [6.45, 7) is 2.66. The third kappa shape index (κ3) is 3.62. The van der Waals surface area contributed by atoms with Crippen LogP contribution in [0.2, 0.25) is 0 Å². The lowest BCUT2D eigenvalue weighted by Crippen LogP contribution is -2.28. The van der Waals surface area contributed by atoms with Crippen LogP contribution in [0.15, 0.2) is 47.1 Å². The predicted molar refractivity (Wildman–Crippen MR) is 87.0 cm³/mol. The number of nitrogens with zero attached hydrogens (tertiary/aromatic N) is 1. The maximum Gasteiger partial charge on any atom is 0.227 e. The Hall–Kier alpha value is -2.56. The molecule has 1 aromatic heterocycles. The molecule has 0 spiro atoms. The second-order valence-electron chi connectivity index (χ2n) is 5.80. The minimum atomic E-state index is -0.154. The molecule has 2 heterocycles. The number of furan rings is 1. The molecule has 5 nitrogen and oxygen atoms in total. The van der Waals surface area contributed by atoms with Crippen molar-refractivity contribution in [3.63, 3.8) is 0 Å². The van der Waals surface area contributed by atoms with Crippen molar-refractivity contribution in [1.29, 1.82) is 0 Å². The maximum absolute atomic E-state index is 12.1. The lowest BCUT2D eigenvalue weighted by Gasteiger charge is -2.16. The minimum Gasteiger partial charge on any atom is -0.467 e. The number of rotatable bonds is 5. The fraction of sp³-hybridized carbons (Fsp3) is 0.333. The molecule has 5 heteroatoms. The lowest BCUT2D eigenvalue weighted by molar-refractivity contribution is -0.121. The van der Waals surface area contributed by atoms with Crippen LogP contribution in [-0.2, 0) is 16.0 Å². The zero-order valence-electron chi connectivity index (χ0n) is 13.1. The predicted octanol–water partition coefficient (Wildman–Crippen LogP) is 2.83. The van der Waals surface area contributed by atoms with E-state index in [9.17, 15) is 9.59 Å². The van der Waals surface area contributed by atoms with Gasteiger partial charge in [0, 0.05) is 18.7 Å². The summed E-state index contributed by atoms with van der Waals surface area (Å²) in [6.07, 6.45) is 3.43. The normalized spacial score (nSPS) is 15.7. The molecule has 0 saturated carbocycles. The fourth-order valence-corrected chi connectivity index (χ4v) is 2.80. The zero-order valence-corrected chi connectivity index (χ0v) is 13.1. The van der Waals surface area contributed by atoms with Crippen molar-refractivity contribution in [2.75, 3.05) is 11.4 Å². The molecule has 2 amide bonds. The van der Waals surface area contributed by atoms with Crippen LogP contribution in [0.25, 0.3) is 0 Å². The highest BCUT2D eigenvalue weighted by molar-refractivity contribution is 5.95. The summed E-state index contributed by atoms with van der Waals surface area (Å²) in [5, 5.41) is 2.91. The molecule has 0 aliphatic carbocycles. The first-order valence-corrected chi connectivity index (χ1v) is 7.85. The van der Waals surface area contributed by atoms with E-state index in [1.54, 1.807) is 17.2 Å². The number of carbonyl (C=O) groups is 2. The van der Waals surface area contributed by atoms with Gasteiger partial charge in [0.2, 0.25) is 11.8 Å². The van der Waals surface area contributed by atoms with Crippen LogP contribution in [-0.4, -0.2) is 18.4 Å². The van der Waals surface area contributed by atoms with Gasteiger partial charge in [-0.15, -0.1) is 0 Å². The second kappa shape index (κ2) is 6.69. The van der Waals surface area contributed by atoms with Gasteiger partial charge in [0.1, 0.15) is 5.76 Å². The van der Waals surface area contributed by atoms with E-state index >= 15 is 0 Å². The van der Waals surface area contributed by atoms with Crippen LogP contribution >= 0.6 is 0 Å². The first-order chi connectivity index (χ1) is 11.1. The highest BCUT2D eigenvalue weighted by atomic mass is 16.3. The Labute approximate surface area is 135 Å². The topological polar surface area (TPSA) is 62.6 Å². The molecule has 23 heavy (non-hydrogen) atoms. The van der Waals surface area contributed by atoms with Gasteiger partial charge in [0.05, 0.1) is 18.7 Å². The average molecular weight is 312 g/mol. The van der Waals surface area contributed by atoms with E-state index in [1.807, 2.05) is 37.3 Å². The molecule has 0 radical (unpaired) electrons. The molecular formula is C18H20N2O3. The number of nitrogens with one attached hydrogen (secondary N) is 1. The smallest absolute Gasteiger partial charge is 0.227 e. The van der Waals surface area contributed by atoms with Gasteiger partial charge < -0.3 is 14.6 Å². The Bertz CT molecular complexity index is 677. The van der Waals surface area contributed by atoms with Crippen molar-refractivity contribution in [2.45, 2.75) is 32.2 Å². The van der Waals surface area contributed by atoms with E-state index < -0.39 is 0 Å². The van der Waals surface area contributed by atoms with Crippen LogP contribution in [0, 0.1) is 0 Å². The van der Waals surface area contributed by atoms with Gasteiger partial charge in [-0.25, -0.2) is 0 Å². The van der Waals surface area contributed by atoms with E-state index in [1.165, 1.54) is 0 Å². The Morgan fingerprint density at radius 2 is 2.09 bits per heavy atom. The summed E-state index contributed by atoms with van der Waals surface area (Å²) in [5.41, 5.74) is 1.82. The first-order valence-electron chi connectivity index (χ1n) is 7.85. The largest absolute Gasteiger partial charge is 0.467 e. The molecule has 1 fully saturated rings. The van der Waals surface area contributed by atoms with Crippen molar-refractivity contribution in [1.82, 2.24) is 5.32 Å². The molecule has 1 saturated heterocycles. The Balaban J connectivity index is 1.57. The van der Waals surface area contributed by atoms with E-state index in [-0.39, 0.29) is 17.9 Å². The Morgan fingerprint density at radius 3 is 2.70 bits per heavy atom. The molecule has 0 bridgehead atoms. The molecule has 2 aromatic rings. The molecule has 3 rings (SSSR count). The van der Waals surface area contributed by atoms with Crippen LogP contribution in [0.4, 0.5) is 5.69 Å². The molecule has 1 aliphatic heterocycles. The third-order valence-corrected chi connectivity index (χ3v) is 4.03. The average Bonchev–Trinajstić information content (AvgIpc) is 3.19. The zero-order chi connectivity index (χ0) is 16.2. The fourth-order valence-electron chi connectivity index (χ4n) is 2.80. The van der Waals surface area contributed by atoms with Crippen molar-refractivity contribution >= 4 is 17.5 Å². The van der Waals surface area contributed by atoms with Crippen LogP contribution in [0.3, 0.4) is 0 Å². The van der Waals surface area contributed by atoms with Gasteiger partial charge in [-0.2, -0.15) is 0 Å². The maximum atomic E-state index is 12.1. The summed E-state index contributed by atoms with van der Waals surface area (Å²) < 4.78 is 5.28. The summed E-state index contributed by atoms with van der Waals surface area (Å²) >= 11 is 0. The Kier molecular flexibility index (Phi) is 4.46. The third-order valence-electron chi connectivity index (χ3n) is 4.03. The molecule has 1 atom stereocenters. The van der Waals surface area contributed by atoms with E-state index in [4.69, 9.17) is 4.42 Å². The molecule has 1 aliphatic rings. The van der Waals surface area contributed by atoms with E-state index in [0.717, 1.165) is 30.0 Å². The van der Waals surface area contributed by atoms with Crippen LogP contribution < -0.4 is 10.2 Å². The standard InChI is InChI=1S/C18H20N2O3/c1-13(16-4-3-11-23-16)19-17(21)12-14-6-8-15(9-7-14)20-10-2-5-18(20)22/h3-4,6-9,11,13H,2,5,10,12H2,1H3,(H,19,21)/t13-/m1/s1. The molecule has 0 unspecified atom stereocenters. The van der Waals surface area contributed by atoms with Crippen molar-refractivity contribution in [3.8, 4) is 0 Å². The summed E-state index contributed by atoms with van der Waals surface area (Å²) in [7, 11) is 0. The van der Waals surface area contributed by atoms with Gasteiger partial charge in [0.25, 0.3) is 0 Å². The van der Waals surface area contributed by atoms with Gasteiger partial charge in [0.15, 0.2) is 0 Å². The van der Waals surface area contributed by atoms with Crippen LogP contribution in [0.5, 0.6) is 0 Å². The van der Waals surface area contributed by atoms with E-state index in [2.05, 4.69) is 5.32 Å². The number of hydrogen-bond donors (Lipinski definition) is 1. The quantitative estimate of drug-likeness (QED) is 0.923. The number of carbonyl (C=O) groups excluding carboxylic acids is 2. The second-order valence-corrected chi connectivity index (χ2v) is 5.80. The molecular weight excluding hydrogens is 292 g/mol. The van der Waals surface area contributed by atoms with Crippen molar-refractivity contribution in [2.24, 2.45) is 0 Å². The Morgan fingerprint density at radius 1 is 1.30 bits per heavy atom. The molecule has 120 valence electrons. The molecule has 1 aromatic carbocycles. The number of anilines is 1. The SMILES string of the molecule is C[C@@H](NC(=O)Cc1ccc(N2CCCC2=O)cc1)c1ccco1. The highest BCUT2D eigenvalue weighted by Gasteiger charge is 2.21. The van der Waals surface area contributed by atoms with Crippen molar-refractivity contribution < 1.29 is 14.0 Å². The van der Waals surface area contributed by atoms with E-state index in [0.29, 0.717) is 12.8 Å². The number of benzene rings is 1. The summed E-state index contributed by atoms with van der Waals surface area (Å²) in [4.78, 5) is 25.6. The highest BCUT2D eigenvalue weighted by Crippen LogP contribution is 2.21. The monoisotopic (exact) mass is 312 g/mol. The van der Waals surface area contributed by atoms with Crippen LogP contribution in [0.1, 0.15) is 37.1 Å². The lowest BCUT2D eigenvalue weighted by atomic mass is 10.1. The van der Waals surface area contributed by atoms with Gasteiger partial charge in [-0.05, 0) is 43.2 Å². The summed E-state index contributed by atoms with van der Waals surface area (Å²) in [5.74, 6) is 0.850. The minimum absolute atomic E-state index is 0.0566. The summed E-state index contributed by atoms with van der Waals surface area (Å²) in [6, 6.07) is 11.1. The molecule has 1 N–H and O–H groups in total. The first kappa shape index (κ1) is 15.3.